The van der Waals surface area contributed by atoms with Gasteiger partial charge in [0.05, 0.1) is 30.2 Å². The second-order valence-corrected chi connectivity index (χ2v) is 11.3. The van der Waals surface area contributed by atoms with Crippen molar-refractivity contribution in [3.8, 4) is 5.75 Å². The number of amides is 2. The Morgan fingerprint density at radius 3 is 2.48 bits per heavy atom. The minimum atomic E-state index is -1.28. The maximum atomic E-state index is 14.0. The van der Waals surface area contributed by atoms with E-state index in [1.54, 1.807) is 37.4 Å². The zero-order valence-corrected chi connectivity index (χ0v) is 23.4. The summed E-state index contributed by atoms with van der Waals surface area (Å²) >= 11 is 3.43. The first-order chi connectivity index (χ1) is 19.4. The van der Waals surface area contributed by atoms with Gasteiger partial charge in [-0.3, -0.25) is 14.5 Å². The number of halogens is 1. The standard InChI is InChI=1S/C30H28BBrN2O6/c1-39-16-17-13-24-27(23-15-26(40-31(38)28(17)23)22-14-18(32)7-12-25(22)35)30(37)34(29(24)36)21-10-8-20(9-11-21)33-19-5-3-2-4-6-19/h2-12,14,23-24,26-27,33,35,38H,13,15-16H2,1H3/t23-,24-,26-,27+/m0/s1. The van der Waals surface area contributed by atoms with Crippen molar-refractivity contribution in [2.24, 2.45) is 17.8 Å². The van der Waals surface area contributed by atoms with Crippen molar-refractivity contribution in [3.63, 3.8) is 0 Å². The highest BCUT2D eigenvalue weighted by molar-refractivity contribution is 9.10. The average Bonchev–Trinajstić information content (AvgIpc) is 3.20. The van der Waals surface area contributed by atoms with Crippen LogP contribution in [0.15, 0.2) is 88.3 Å². The molecule has 2 saturated heterocycles. The first-order valence-corrected chi connectivity index (χ1v) is 14.0. The number of imide groups is 1. The quantitative estimate of drug-likeness (QED) is 0.264. The van der Waals surface area contributed by atoms with Crippen LogP contribution in [-0.2, 0) is 19.0 Å². The van der Waals surface area contributed by atoms with Crippen LogP contribution in [0.3, 0.4) is 0 Å². The molecular weight excluding hydrogens is 575 g/mol. The molecule has 0 aromatic heterocycles. The van der Waals surface area contributed by atoms with Gasteiger partial charge in [-0.2, -0.15) is 0 Å². The summed E-state index contributed by atoms with van der Waals surface area (Å²) in [6, 6.07) is 22.0. The van der Waals surface area contributed by atoms with E-state index in [2.05, 4.69) is 21.2 Å². The summed E-state index contributed by atoms with van der Waals surface area (Å²) in [5.74, 6) is -2.18. The van der Waals surface area contributed by atoms with Crippen molar-refractivity contribution >= 4 is 51.9 Å². The molecular formula is C30H28BBrN2O6. The summed E-state index contributed by atoms with van der Waals surface area (Å²) in [6.45, 7) is 0.226. The van der Waals surface area contributed by atoms with Crippen LogP contribution in [0, 0.1) is 17.8 Å². The molecule has 2 aliphatic heterocycles. The average molecular weight is 603 g/mol. The van der Waals surface area contributed by atoms with Gasteiger partial charge in [0.15, 0.2) is 0 Å². The van der Waals surface area contributed by atoms with E-state index in [1.807, 2.05) is 42.5 Å². The van der Waals surface area contributed by atoms with Crippen LogP contribution < -0.4 is 10.2 Å². The number of aromatic hydroxyl groups is 1. The van der Waals surface area contributed by atoms with Crippen LogP contribution in [0.1, 0.15) is 24.5 Å². The van der Waals surface area contributed by atoms with Gasteiger partial charge in [0, 0.05) is 28.5 Å². The molecule has 2 fully saturated rings. The number of para-hydroxylation sites is 1. The highest BCUT2D eigenvalue weighted by Crippen LogP contribution is 2.52. The number of ether oxygens (including phenoxy) is 1. The molecule has 0 unspecified atom stereocenters. The summed E-state index contributed by atoms with van der Waals surface area (Å²) in [4.78, 5) is 29.0. The Hall–Kier alpha value is -3.44. The van der Waals surface area contributed by atoms with Crippen LogP contribution in [0.5, 0.6) is 5.75 Å². The molecule has 3 aromatic carbocycles. The number of benzene rings is 3. The molecule has 3 aromatic rings. The Morgan fingerprint density at radius 1 is 1.02 bits per heavy atom. The van der Waals surface area contributed by atoms with Crippen LogP contribution >= 0.6 is 15.9 Å². The lowest BCUT2D eigenvalue weighted by Crippen LogP contribution is -2.45. The molecule has 4 atom stereocenters. The van der Waals surface area contributed by atoms with E-state index in [0.717, 1.165) is 21.4 Å². The number of hydrogen-bond donors (Lipinski definition) is 3. The van der Waals surface area contributed by atoms with E-state index in [4.69, 9.17) is 9.39 Å². The Labute approximate surface area is 240 Å². The zero-order chi connectivity index (χ0) is 28.0. The number of hydrogen-bond acceptors (Lipinski definition) is 7. The maximum Gasteiger partial charge on any atom is 0.487 e. The molecule has 2 heterocycles. The number of anilines is 3. The fourth-order valence-corrected chi connectivity index (χ4v) is 6.72. The first kappa shape index (κ1) is 26.8. The molecule has 2 amide bonds. The number of phenolic OH excluding ortho intramolecular Hbond substituents is 1. The number of nitrogens with one attached hydrogen (secondary N) is 1. The first-order valence-electron chi connectivity index (χ1n) is 13.2. The third-order valence-corrected chi connectivity index (χ3v) is 8.55. The van der Waals surface area contributed by atoms with Gasteiger partial charge in [0.2, 0.25) is 11.8 Å². The van der Waals surface area contributed by atoms with Crippen LogP contribution in [-0.4, -0.2) is 42.8 Å². The van der Waals surface area contributed by atoms with Crippen molar-refractivity contribution < 1.29 is 29.1 Å². The van der Waals surface area contributed by atoms with Gasteiger partial charge >= 0.3 is 7.12 Å². The summed E-state index contributed by atoms with van der Waals surface area (Å²) < 4.78 is 12.2. The minimum Gasteiger partial charge on any atom is -0.508 e. The smallest absolute Gasteiger partial charge is 0.487 e. The molecule has 0 bridgehead atoms. The van der Waals surface area contributed by atoms with Gasteiger partial charge in [-0.15, -0.1) is 0 Å². The van der Waals surface area contributed by atoms with Crippen molar-refractivity contribution in [1.29, 1.82) is 0 Å². The van der Waals surface area contributed by atoms with Crippen molar-refractivity contribution in [2.45, 2.75) is 18.9 Å². The Bertz CT molecular complexity index is 1480. The molecule has 0 radical (unpaired) electrons. The molecule has 40 heavy (non-hydrogen) atoms. The largest absolute Gasteiger partial charge is 0.508 e. The summed E-state index contributed by atoms with van der Waals surface area (Å²) in [5, 5.41) is 25.0. The number of carbonyl (C=O) groups is 2. The van der Waals surface area contributed by atoms with Crippen LogP contribution in [0.2, 0.25) is 0 Å². The lowest BCUT2D eigenvalue weighted by molar-refractivity contribution is -0.123. The summed E-state index contributed by atoms with van der Waals surface area (Å²) in [5.41, 5.74) is 4.18. The van der Waals surface area contributed by atoms with Gasteiger partial charge in [0.25, 0.3) is 0 Å². The Morgan fingerprint density at radius 2 is 1.75 bits per heavy atom. The number of methoxy groups -OCH3 is 1. The van der Waals surface area contributed by atoms with E-state index < -0.39 is 31.0 Å². The normalized spacial score (nSPS) is 24.3. The Kier molecular flexibility index (Phi) is 7.26. The lowest BCUT2D eigenvalue weighted by Gasteiger charge is -2.42. The highest BCUT2D eigenvalue weighted by Gasteiger charge is 2.58. The molecule has 1 aliphatic carbocycles. The van der Waals surface area contributed by atoms with E-state index in [1.165, 1.54) is 4.90 Å². The van der Waals surface area contributed by atoms with Crippen molar-refractivity contribution in [1.82, 2.24) is 0 Å². The third-order valence-electron chi connectivity index (χ3n) is 8.05. The van der Waals surface area contributed by atoms with Crippen molar-refractivity contribution in [3.05, 3.63) is 93.9 Å². The molecule has 6 rings (SSSR count). The number of fused-ring (bicyclic) bond motifs is 3. The number of carbonyl (C=O) groups excluding carboxylic acids is 2. The van der Waals surface area contributed by atoms with Crippen LogP contribution in [0.4, 0.5) is 17.1 Å². The van der Waals surface area contributed by atoms with E-state index >= 15 is 0 Å². The second kappa shape index (κ2) is 10.9. The SMILES string of the molecule is COCC1=C2B(O)O[C@H](c3cc(Br)ccc3O)C[C@H]2[C@H]2C(=O)N(c3ccc(Nc4ccccc4)cc3)C(=O)[C@H]2C1. The third kappa shape index (κ3) is 4.75. The fourth-order valence-electron chi connectivity index (χ4n) is 6.34. The molecule has 0 spiro atoms. The molecule has 3 N–H and O–H groups in total. The summed E-state index contributed by atoms with van der Waals surface area (Å²) in [6.07, 6.45) is -0.0202. The van der Waals surface area contributed by atoms with E-state index in [-0.39, 0.29) is 24.2 Å². The molecule has 3 aliphatic rings. The second-order valence-electron chi connectivity index (χ2n) is 10.4. The monoisotopic (exact) mass is 602 g/mol. The van der Waals surface area contributed by atoms with E-state index in [0.29, 0.717) is 29.6 Å². The number of rotatable bonds is 6. The minimum absolute atomic E-state index is 0.0388. The highest BCUT2D eigenvalue weighted by atomic mass is 79.9. The van der Waals surface area contributed by atoms with E-state index in [9.17, 15) is 19.7 Å². The maximum absolute atomic E-state index is 14.0. The number of nitrogens with zero attached hydrogens (tertiary/aromatic N) is 1. The van der Waals surface area contributed by atoms with Crippen molar-refractivity contribution in [2.75, 3.05) is 23.9 Å². The summed E-state index contributed by atoms with van der Waals surface area (Å²) in [7, 11) is 0.278. The van der Waals surface area contributed by atoms with Gasteiger partial charge in [-0.05, 0) is 84.4 Å². The fraction of sp³-hybridized carbons (Fsp3) is 0.267. The van der Waals surface area contributed by atoms with Gasteiger partial charge in [-0.25, -0.2) is 0 Å². The topological polar surface area (TPSA) is 108 Å². The molecule has 204 valence electrons. The zero-order valence-electron chi connectivity index (χ0n) is 21.8. The predicted molar refractivity (Wildman–Crippen MR) is 155 cm³/mol. The number of allylic oxidation sites excluding steroid dienone is 1. The molecule has 0 saturated carbocycles. The molecule has 8 nitrogen and oxygen atoms in total. The van der Waals surface area contributed by atoms with Gasteiger partial charge in [0.1, 0.15) is 5.75 Å². The van der Waals surface area contributed by atoms with Gasteiger partial charge < -0.3 is 24.8 Å². The predicted octanol–water partition coefficient (Wildman–Crippen LogP) is 5.15. The molecule has 10 heteroatoms. The lowest BCUT2D eigenvalue weighted by atomic mass is 9.55. The van der Waals surface area contributed by atoms with Crippen LogP contribution in [0.25, 0.3) is 0 Å². The van der Waals surface area contributed by atoms with Gasteiger partial charge in [-0.1, -0.05) is 34.1 Å². The number of phenols is 1. The Balaban J connectivity index is 1.32.